The Hall–Kier alpha value is -1.01. The Kier molecular flexibility index (Phi) is 6.22. The number of likely N-dealkylation sites (N-methyl/N-ethyl adjacent to an activating group) is 1. The number of benzene rings is 1. The van der Waals surface area contributed by atoms with Crippen molar-refractivity contribution in [1.82, 2.24) is 9.80 Å². The van der Waals surface area contributed by atoms with Gasteiger partial charge in [-0.25, -0.2) is 4.39 Å². The van der Waals surface area contributed by atoms with E-state index in [2.05, 4.69) is 16.8 Å². The number of methoxy groups -OCH3 is 1. The van der Waals surface area contributed by atoms with Crippen LogP contribution in [0.2, 0.25) is 0 Å². The van der Waals surface area contributed by atoms with Crippen LogP contribution in [-0.2, 0) is 16.0 Å². The number of morpholine rings is 1. The number of hydrogen-bond donors (Lipinski definition) is 0. The Balaban J connectivity index is 1.50. The molecule has 0 unspecified atom stereocenters. The molecule has 2 fully saturated rings. The van der Waals surface area contributed by atoms with E-state index >= 15 is 0 Å². The summed E-state index contributed by atoms with van der Waals surface area (Å²) in [7, 11) is 3.94. The maximum atomic E-state index is 13.0. The molecule has 24 heavy (non-hydrogen) atoms. The molecule has 1 aromatic rings. The molecule has 0 bridgehead atoms. The van der Waals surface area contributed by atoms with E-state index in [-0.39, 0.29) is 5.82 Å². The molecule has 4 nitrogen and oxygen atoms in total. The fourth-order valence-electron chi connectivity index (χ4n) is 3.92. The predicted molar refractivity (Wildman–Crippen MR) is 92.5 cm³/mol. The predicted octanol–water partition coefficient (Wildman–Crippen LogP) is 2.53. The van der Waals surface area contributed by atoms with E-state index in [1.165, 1.54) is 12.1 Å². The number of rotatable bonds is 6. The van der Waals surface area contributed by atoms with Crippen molar-refractivity contribution in [3.63, 3.8) is 0 Å². The number of halogens is 1. The summed E-state index contributed by atoms with van der Waals surface area (Å²) in [5.74, 6) is -0.175. The highest BCUT2D eigenvalue weighted by Crippen LogP contribution is 2.29. The molecule has 0 radical (unpaired) electrons. The molecule has 0 amide bonds. The molecule has 1 saturated heterocycles. The summed E-state index contributed by atoms with van der Waals surface area (Å²) in [6, 6.07) is 7.27. The number of fused-ring (bicyclic) bond motifs is 1. The minimum atomic E-state index is -0.175. The molecule has 1 heterocycles. The normalized spacial score (nSPS) is 28.1. The highest BCUT2D eigenvalue weighted by molar-refractivity contribution is 5.15. The fourth-order valence-corrected chi connectivity index (χ4v) is 3.92. The van der Waals surface area contributed by atoms with Crippen LogP contribution in [0, 0.1) is 5.82 Å². The zero-order valence-electron chi connectivity index (χ0n) is 14.8. The van der Waals surface area contributed by atoms with Gasteiger partial charge in [-0.2, -0.15) is 0 Å². The van der Waals surface area contributed by atoms with Gasteiger partial charge in [0.25, 0.3) is 0 Å². The lowest BCUT2D eigenvalue weighted by molar-refractivity contribution is -0.114. The minimum Gasteiger partial charge on any atom is -0.381 e. The quantitative estimate of drug-likeness (QED) is 0.797. The lowest BCUT2D eigenvalue weighted by Gasteiger charge is -2.46. The first-order valence-electron chi connectivity index (χ1n) is 8.97. The Bertz CT molecular complexity index is 511. The van der Waals surface area contributed by atoms with Crippen LogP contribution in [0.5, 0.6) is 0 Å². The van der Waals surface area contributed by atoms with Crippen LogP contribution in [0.1, 0.15) is 24.8 Å². The molecule has 1 aliphatic carbocycles. The largest absolute Gasteiger partial charge is 0.381 e. The van der Waals surface area contributed by atoms with Crippen molar-refractivity contribution >= 4 is 0 Å². The maximum absolute atomic E-state index is 13.0. The van der Waals surface area contributed by atoms with Crippen molar-refractivity contribution in [2.24, 2.45) is 0 Å². The van der Waals surface area contributed by atoms with Gasteiger partial charge in [0.15, 0.2) is 0 Å². The second-order valence-electron chi connectivity index (χ2n) is 7.05. The second-order valence-corrected chi connectivity index (χ2v) is 7.05. The summed E-state index contributed by atoms with van der Waals surface area (Å²) in [4.78, 5) is 4.87. The van der Waals surface area contributed by atoms with Crippen LogP contribution < -0.4 is 0 Å². The van der Waals surface area contributed by atoms with Gasteiger partial charge in [0.1, 0.15) is 5.82 Å². The van der Waals surface area contributed by atoms with Gasteiger partial charge >= 0.3 is 0 Å². The van der Waals surface area contributed by atoms with E-state index in [0.717, 1.165) is 57.6 Å². The van der Waals surface area contributed by atoms with E-state index in [1.807, 2.05) is 19.2 Å². The number of ether oxygens (including phenoxy) is 2. The topological polar surface area (TPSA) is 24.9 Å². The highest BCUT2D eigenvalue weighted by Gasteiger charge is 2.37. The van der Waals surface area contributed by atoms with Crippen LogP contribution >= 0.6 is 0 Å². The summed E-state index contributed by atoms with van der Waals surface area (Å²) in [6.45, 7) is 4.72. The summed E-state index contributed by atoms with van der Waals surface area (Å²) >= 11 is 0. The van der Waals surface area contributed by atoms with E-state index in [4.69, 9.17) is 9.47 Å². The first kappa shape index (κ1) is 17.8. The molecule has 3 rings (SSSR count). The molecule has 134 valence electrons. The maximum Gasteiger partial charge on any atom is 0.123 e. The summed E-state index contributed by atoms with van der Waals surface area (Å²) in [5.41, 5.74) is 1.15. The van der Waals surface area contributed by atoms with Gasteiger partial charge in [-0.1, -0.05) is 12.1 Å². The van der Waals surface area contributed by atoms with E-state index in [9.17, 15) is 4.39 Å². The van der Waals surface area contributed by atoms with Crippen LogP contribution in [0.3, 0.4) is 0 Å². The van der Waals surface area contributed by atoms with Gasteiger partial charge in [-0.15, -0.1) is 0 Å². The standard InChI is InChI=1S/C19H29FN2O2/c1-21(14-15-3-5-16(20)6-4-15)9-10-22-11-12-24-19-8-7-17(23-2)13-18(19)22/h3-6,17-19H,7-14H2,1-2H3/t17-,18-,19+/m1/s1. The number of nitrogens with zero attached hydrogens (tertiary/aromatic N) is 2. The molecule has 2 aliphatic rings. The van der Waals surface area contributed by atoms with Crippen LogP contribution in [0.4, 0.5) is 4.39 Å². The SMILES string of the molecule is CO[C@@H]1CC[C@@H]2OCCN(CCN(C)Cc3ccc(F)cc3)[C@@H]2C1. The molecular weight excluding hydrogens is 307 g/mol. The Morgan fingerprint density at radius 3 is 2.83 bits per heavy atom. The van der Waals surface area contributed by atoms with Crippen molar-refractivity contribution in [3.05, 3.63) is 35.6 Å². The van der Waals surface area contributed by atoms with Crippen molar-refractivity contribution < 1.29 is 13.9 Å². The van der Waals surface area contributed by atoms with Crippen molar-refractivity contribution in [2.45, 2.75) is 44.1 Å². The Labute approximate surface area is 144 Å². The van der Waals surface area contributed by atoms with Gasteiger partial charge in [-0.05, 0) is 44.0 Å². The zero-order valence-corrected chi connectivity index (χ0v) is 14.8. The Morgan fingerprint density at radius 2 is 2.08 bits per heavy atom. The molecular formula is C19H29FN2O2. The van der Waals surface area contributed by atoms with Gasteiger partial charge in [0.2, 0.25) is 0 Å². The molecule has 0 N–H and O–H groups in total. The molecule has 5 heteroatoms. The Morgan fingerprint density at radius 1 is 1.29 bits per heavy atom. The van der Waals surface area contributed by atoms with Crippen LogP contribution in [-0.4, -0.2) is 68.4 Å². The van der Waals surface area contributed by atoms with Crippen molar-refractivity contribution in [3.8, 4) is 0 Å². The third-order valence-electron chi connectivity index (χ3n) is 5.35. The molecule has 0 spiro atoms. The zero-order chi connectivity index (χ0) is 16.9. The molecule has 1 aromatic carbocycles. The van der Waals surface area contributed by atoms with Gasteiger partial charge < -0.3 is 14.4 Å². The van der Waals surface area contributed by atoms with Gasteiger partial charge in [-0.3, -0.25) is 4.90 Å². The summed E-state index contributed by atoms with van der Waals surface area (Å²) in [5, 5.41) is 0. The third-order valence-corrected chi connectivity index (χ3v) is 5.35. The van der Waals surface area contributed by atoms with Crippen LogP contribution in [0.15, 0.2) is 24.3 Å². The first-order chi connectivity index (χ1) is 11.7. The van der Waals surface area contributed by atoms with Crippen molar-refractivity contribution in [2.75, 3.05) is 40.4 Å². The van der Waals surface area contributed by atoms with Crippen LogP contribution in [0.25, 0.3) is 0 Å². The molecule has 3 atom stereocenters. The molecule has 1 saturated carbocycles. The lowest BCUT2D eigenvalue weighted by Crippen LogP contribution is -2.56. The highest BCUT2D eigenvalue weighted by atomic mass is 19.1. The minimum absolute atomic E-state index is 0.175. The fraction of sp³-hybridized carbons (Fsp3) is 0.684. The molecule has 1 aliphatic heterocycles. The first-order valence-corrected chi connectivity index (χ1v) is 8.97. The molecule has 0 aromatic heterocycles. The average Bonchev–Trinajstić information content (AvgIpc) is 2.61. The average molecular weight is 336 g/mol. The van der Waals surface area contributed by atoms with E-state index in [0.29, 0.717) is 18.2 Å². The van der Waals surface area contributed by atoms with E-state index in [1.54, 1.807) is 0 Å². The summed E-state index contributed by atoms with van der Waals surface area (Å²) < 4.78 is 24.5. The smallest absolute Gasteiger partial charge is 0.123 e. The number of hydrogen-bond acceptors (Lipinski definition) is 4. The van der Waals surface area contributed by atoms with Crippen molar-refractivity contribution in [1.29, 1.82) is 0 Å². The lowest BCUT2D eigenvalue weighted by atomic mass is 9.88. The van der Waals surface area contributed by atoms with Gasteiger partial charge in [0, 0.05) is 39.3 Å². The van der Waals surface area contributed by atoms with Gasteiger partial charge in [0.05, 0.1) is 18.8 Å². The second kappa shape index (κ2) is 8.39. The monoisotopic (exact) mass is 336 g/mol. The third kappa shape index (κ3) is 4.54. The summed E-state index contributed by atoms with van der Waals surface area (Å²) in [6.07, 6.45) is 4.02. The van der Waals surface area contributed by atoms with E-state index < -0.39 is 0 Å².